The molecule has 0 bridgehead atoms. The third-order valence-corrected chi connectivity index (χ3v) is 5.63. The van der Waals surface area contributed by atoms with Gasteiger partial charge in [0.2, 0.25) is 15.9 Å². The molecule has 0 heterocycles. The molecule has 0 aromatic heterocycles. The van der Waals surface area contributed by atoms with Gasteiger partial charge in [-0.15, -0.1) is 0 Å². The van der Waals surface area contributed by atoms with E-state index < -0.39 is 10.0 Å². The van der Waals surface area contributed by atoms with Gasteiger partial charge in [-0.25, -0.2) is 8.42 Å². The maximum atomic E-state index is 12.0. The highest BCUT2D eigenvalue weighted by atomic mass is 35.5. The number of benzene rings is 2. The highest BCUT2D eigenvalue weighted by molar-refractivity contribution is 7.92. The quantitative estimate of drug-likeness (QED) is 0.658. The van der Waals surface area contributed by atoms with Crippen LogP contribution in [0.4, 0.5) is 5.69 Å². The van der Waals surface area contributed by atoms with Gasteiger partial charge in [-0.2, -0.15) is 0 Å². The molecule has 1 amide bonds. The summed E-state index contributed by atoms with van der Waals surface area (Å²) in [5.74, 6) is -0.103. The molecule has 2 aromatic rings. The van der Waals surface area contributed by atoms with E-state index in [0.717, 1.165) is 11.8 Å². The van der Waals surface area contributed by atoms with E-state index in [1.165, 1.54) is 4.31 Å². The number of halogens is 2. The number of nitrogens with zero attached hydrogens (tertiary/aromatic N) is 1. The lowest BCUT2D eigenvalue weighted by Crippen LogP contribution is -2.32. The highest BCUT2D eigenvalue weighted by Gasteiger charge is 2.17. The molecule has 0 unspecified atom stereocenters. The molecule has 0 aliphatic carbocycles. The molecule has 0 radical (unpaired) electrons. The van der Waals surface area contributed by atoms with Crippen LogP contribution in [0.25, 0.3) is 0 Å². The average Bonchev–Trinajstić information content (AvgIpc) is 2.60. The Morgan fingerprint density at radius 1 is 1.00 bits per heavy atom. The lowest BCUT2D eigenvalue weighted by Gasteiger charge is -2.22. The molecule has 0 fully saturated rings. The van der Waals surface area contributed by atoms with Crippen molar-refractivity contribution in [1.29, 1.82) is 0 Å². The van der Waals surface area contributed by atoms with Crippen molar-refractivity contribution in [2.24, 2.45) is 0 Å². The minimum Gasteiger partial charge on any atom is -0.356 e. The van der Waals surface area contributed by atoms with Crippen molar-refractivity contribution in [3.05, 3.63) is 64.1 Å². The van der Waals surface area contributed by atoms with Crippen LogP contribution in [0.3, 0.4) is 0 Å². The first kappa shape index (κ1) is 21.5. The normalized spacial score (nSPS) is 11.2. The SMILES string of the molecule is CS(=O)(=O)N(CCCC(=O)NCCc1ccc(Cl)cc1)c1ccc(Cl)cc1. The van der Waals surface area contributed by atoms with Crippen molar-refractivity contribution in [3.8, 4) is 0 Å². The molecular formula is C19H22Cl2N2O3S. The molecule has 27 heavy (non-hydrogen) atoms. The van der Waals surface area contributed by atoms with Crippen LogP contribution in [0.15, 0.2) is 48.5 Å². The van der Waals surface area contributed by atoms with E-state index in [-0.39, 0.29) is 18.9 Å². The van der Waals surface area contributed by atoms with Crippen molar-refractivity contribution >= 4 is 44.8 Å². The van der Waals surface area contributed by atoms with E-state index in [1.807, 2.05) is 24.3 Å². The molecule has 0 atom stereocenters. The minimum atomic E-state index is -3.44. The Balaban J connectivity index is 1.79. The van der Waals surface area contributed by atoms with Crippen LogP contribution in [0.5, 0.6) is 0 Å². The number of nitrogens with one attached hydrogen (secondary N) is 1. The van der Waals surface area contributed by atoms with Gasteiger partial charge in [-0.1, -0.05) is 35.3 Å². The monoisotopic (exact) mass is 428 g/mol. The van der Waals surface area contributed by atoms with Crippen LogP contribution in [-0.4, -0.2) is 33.7 Å². The van der Waals surface area contributed by atoms with Crippen LogP contribution in [0, 0.1) is 0 Å². The molecule has 0 aliphatic heterocycles. The van der Waals surface area contributed by atoms with Gasteiger partial charge in [0.1, 0.15) is 0 Å². The lowest BCUT2D eigenvalue weighted by atomic mass is 10.1. The molecule has 8 heteroatoms. The van der Waals surface area contributed by atoms with Gasteiger partial charge in [-0.05, 0) is 54.8 Å². The molecule has 2 rings (SSSR count). The molecule has 5 nitrogen and oxygen atoms in total. The predicted molar refractivity (Wildman–Crippen MR) is 111 cm³/mol. The van der Waals surface area contributed by atoms with Gasteiger partial charge in [-0.3, -0.25) is 9.10 Å². The van der Waals surface area contributed by atoms with Gasteiger partial charge in [0.25, 0.3) is 0 Å². The zero-order chi connectivity index (χ0) is 19.9. The van der Waals surface area contributed by atoms with Crippen molar-refractivity contribution < 1.29 is 13.2 Å². The molecule has 0 saturated heterocycles. The number of anilines is 1. The van der Waals surface area contributed by atoms with E-state index in [2.05, 4.69) is 5.32 Å². The number of carbonyl (C=O) groups is 1. The molecule has 2 aromatic carbocycles. The van der Waals surface area contributed by atoms with Gasteiger partial charge >= 0.3 is 0 Å². The Kier molecular flexibility index (Phi) is 7.95. The molecule has 0 aliphatic rings. The summed E-state index contributed by atoms with van der Waals surface area (Å²) in [4.78, 5) is 12.0. The Bertz CT molecular complexity index is 854. The van der Waals surface area contributed by atoms with E-state index in [9.17, 15) is 13.2 Å². The number of carbonyl (C=O) groups excluding carboxylic acids is 1. The van der Waals surface area contributed by atoms with Gasteiger partial charge in [0.05, 0.1) is 11.9 Å². The van der Waals surface area contributed by atoms with Crippen LogP contribution in [-0.2, 0) is 21.2 Å². The summed E-state index contributed by atoms with van der Waals surface area (Å²) in [7, 11) is -3.44. The number of hydrogen-bond donors (Lipinski definition) is 1. The largest absolute Gasteiger partial charge is 0.356 e. The maximum Gasteiger partial charge on any atom is 0.232 e. The summed E-state index contributed by atoms with van der Waals surface area (Å²) in [6, 6.07) is 14.0. The number of rotatable bonds is 9. The zero-order valence-electron chi connectivity index (χ0n) is 15.0. The Hall–Kier alpha value is -1.76. The Labute approximate surface area is 170 Å². The van der Waals surface area contributed by atoms with Crippen molar-refractivity contribution in [2.75, 3.05) is 23.7 Å². The Morgan fingerprint density at radius 2 is 1.56 bits per heavy atom. The third-order valence-electron chi connectivity index (χ3n) is 3.93. The van der Waals surface area contributed by atoms with Crippen molar-refractivity contribution in [3.63, 3.8) is 0 Å². The lowest BCUT2D eigenvalue weighted by molar-refractivity contribution is -0.121. The predicted octanol–water partition coefficient (Wildman–Crippen LogP) is 3.90. The number of amides is 1. The average molecular weight is 429 g/mol. The fraction of sp³-hybridized carbons (Fsp3) is 0.316. The summed E-state index contributed by atoms with van der Waals surface area (Å²) < 4.78 is 25.3. The number of sulfonamides is 1. The van der Waals surface area contributed by atoms with Crippen LogP contribution in [0.1, 0.15) is 18.4 Å². The van der Waals surface area contributed by atoms with Crippen molar-refractivity contribution in [1.82, 2.24) is 5.32 Å². The molecule has 146 valence electrons. The summed E-state index contributed by atoms with van der Waals surface area (Å²) in [6.07, 6.45) is 2.53. The maximum absolute atomic E-state index is 12.0. The Morgan fingerprint density at radius 3 is 2.11 bits per heavy atom. The molecular weight excluding hydrogens is 407 g/mol. The fourth-order valence-corrected chi connectivity index (χ4v) is 3.78. The fourth-order valence-electron chi connectivity index (χ4n) is 2.56. The van der Waals surface area contributed by atoms with Crippen LogP contribution in [0.2, 0.25) is 10.0 Å². The molecule has 1 N–H and O–H groups in total. The summed E-state index contributed by atoms with van der Waals surface area (Å²) in [6.45, 7) is 0.749. The van der Waals surface area contributed by atoms with Crippen LogP contribution >= 0.6 is 23.2 Å². The second-order valence-corrected chi connectivity index (χ2v) is 8.92. The van der Waals surface area contributed by atoms with Crippen molar-refractivity contribution in [2.45, 2.75) is 19.3 Å². The summed E-state index contributed by atoms with van der Waals surface area (Å²) >= 11 is 11.7. The standard InChI is InChI=1S/C19H22Cl2N2O3S/c1-27(25,26)23(18-10-8-17(21)9-11-18)14-2-3-19(24)22-13-12-15-4-6-16(20)7-5-15/h4-11H,2-3,12-14H2,1H3,(H,22,24). The first-order valence-electron chi connectivity index (χ1n) is 8.50. The summed E-state index contributed by atoms with van der Waals surface area (Å²) in [5.41, 5.74) is 1.62. The van der Waals surface area contributed by atoms with E-state index in [0.29, 0.717) is 35.1 Å². The second kappa shape index (κ2) is 9.97. The zero-order valence-corrected chi connectivity index (χ0v) is 17.3. The summed E-state index contributed by atoms with van der Waals surface area (Å²) in [5, 5.41) is 4.06. The highest BCUT2D eigenvalue weighted by Crippen LogP contribution is 2.21. The van der Waals surface area contributed by atoms with Crippen LogP contribution < -0.4 is 9.62 Å². The third kappa shape index (κ3) is 7.40. The van der Waals surface area contributed by atoms with E-state index >= 15 is 0 Å². The first-order valence-corrected chi connectivity index (χ1v) is 11.1. The van der Waals surface area contributed by atoms with Gasteiger partial charge < -0.3 is 5.32 Å². The van der Waals surface area contributed by atoms with Gasteiger partial charge in [0.15, 0.2) is 0 Å². The minimum absolute atomic E-state index is 0.103. The molecule has 0 saturated carbocycles. The second-order valence-electron chi connectivity index (χ2n) is 6.14. The van der Waals surface area contributed by atoms with E-state index in [4.69, 9.17) is 23.2 Å². The van der Waals surface area contributed by atoms with E-state index in [1.54, 1.807) is 24.3 Å². The topological polar surface area (TPSA) is 66.5 Å². The van der Waals surface area contributed by atoms with Gasteiger partial charge in [0, 0.05) is 29.6 Å². The number of hydrogen-bond acceptors (Lipinski definition) is 3. The first-order chi connectivity index (χ1) is 12.8. The smallest absolute Gasteiger partial charge is 0.232 e. The molecule has 0 spiro atoms.